The van der Waals surface area contributed by atoms with Gasteiger partial charge in [0.2, 0.25) is 0 Å². The number of carbonyl (C=O) groups excluding carboxylic acids is 2. The van der Waals surface area contributed by atoms with E-state index >= 15 is 0 Å². The lowest BCUT2D eigenvalue weighted by Gasteiger charge is -2.26. The van der Waals surface area contributed by atoms with Crippen LogP contribution in [-0.2, 0) is 14.3 Å². The average Bonchev–Trinajstić information content (AvgIpc) is 2.35. The van der Waals surface area contributed by atoms with E-state index in [1.54, 1.807) is 14.0 Å². The normalized spacial score (nSPS) is 22.5. The minimum atomic E-state index is -0.405. The molecule has 1 aliphatic carbocycles. The monoisotopic (exact) mass is 250 g/mol. The van der Waals surface area contributed by atoms with Crippen molar-refractivity contribution in [1.82, 2.24) is 0 Å². The van der Waals surface area contributed by atoms with Gasteiger partial charge in [-0.1, -0.05) is 6.08 Å². The molecule has 0 bridgehead atoms. The zero-order valence-electron chi connectivity index (χ0n) is 11.5. The van der Waals surface area contributed by atoms with E-state index in [0.29, 0.717) is 19.3 Å². The van der Waals surface area contributed by atoms with Crippen molar-refractivity contribution < 1.29 is 14.3 Å². The van der Waals surface area contributed by atoms with Gasteiger partial charge in [-0.25, -0.2) is 0 Å². The highest BCUT2D eigenvalue weighted by atomic mass is 16.5. The van der Waals surface area contributed by atoms with Crippen LogP contribution in [0.15, 0.2) is 24.0 Å². The number of hydrogen-bond acceptors (Lipinski definition) is 3. The van der Waals surface area contributed by atoms with Crippen LogP contribution in [0.4, 0.5) is 0 Å². The van der Waals surface area contributed by atoms with Crippen LogP contribution in [0.25, 0.3) is 0 Å². The van der Waals surface area contributed by atoms with Gasteiger partial charge in [0, 0.05) is 18.3 Å². The van der Waals surface area contributed by atoms with E-state index in [1.807, 2.05) is 25.2 Å². The Bertz CT molecular complexity index is 379. The molecule has 1 atom stereocenters. The van der Waals surface area contributed by atoms with E-state index < -0.39 is 5.41 Å². The summed E-state index contributed by atoms with van der Waals surface area (Å²) in [4.78, 5) is 23.0. The van der Waals surface area contributed by atoms with Crippen molar-refractivity contribution in [3.63, 3.8) is 0 Å². The second-order valence-corrected chi connectivity index (χ2v) is 5.10. The van der Waals surface area contributed by atoms with E-state index in [9.17, 15) is 9.59 Å². The SMILES string of the molecule is COC1=CCC(C)(C(=O)CCCCC(C)=O)C=C1. The molecule has 18 heavy (non-hydrogen) atoms. The number of methoxy groups -OCH3 is 1. The first-order valence-electron chi connectivity index (χ1n) is 6.44. The predicted molar refractivity (Wildman–Crippen MR) is 71.1 cm³/mol. The second-order valence-electron chi connectivity index (χ2n) is 5.10. The molecule has 3 nitrogen and oxygen atoms in total. The quantitative estimate of drug-likeness (QED) is 0.652. The number of unbranched alkanes of at least 4 members (excludes halogenated alkanes) is 1. The molecule has 0 N–H and O–H groups in total. The van der Waals surface area contributed by atoms with Crippen molar-refractivity contribution in [3.05, 3.63) is 24.0 Å². The summed E-state index contributed by atoms with van der Waals surface area (Å²) in [5, 5.41) is 0. The zero-order valence-corrected chi connectivity index (χ0v) is 11.5. The van der Waals surface area contributed by atoms with Gasteiger partial charge in [-0.2, -0.15) is 0 Å². The van der Waals surface area contributed by atoms with Crippen LogP contribution in [-0.4, -0.2) is 18.7 Å². The van der Waals surface area contributed by atoms with E-state index in [-0.39, 0.29) is 11.6 Å². The van der Waals surface area contributed by atoms with E-state index in [2.05, 4.69) is 0 Å². The van der Waals surface area contributed by atoms with Gasteiger partial charge in [-0.05, 0) is 45.3 Å². The van der Waals surface area contributed by atoms with Crippen molar-refractivity contribution in [2.24, 2.45) is 5.41 Å². The van der Waals surface area contributed by atoms with Gasteiger partial charge >= 0.3 is 0 Å². The van der Waals surface area contributed by atoms with Gasteiger partial charge in [0.05, 0.1) is 7.11 Å². The van der Waals surface area contributed by atoms with Gasteiger partial charge < -0.3 is 9.53 Å². The highest BCUT2D eigenvalue weighted by Gasteiger charge is 2.30. The van der Waals surface area contributed by atoms with Crippen molar-refractivity contribution in [3.8, 4) is 0 Å². The maximum absolute atomic E-state index is 12.2. The molecule has 0 saturated heterocycles. The highest BCUT2D eigenvalue weighted by molar-refractivity contribution is 5.87. The Balaban J connectivity index is 2.40. The van der Waals surface area contributed by atoms with Gasteiger partial charge in [0.25, 0.3) is 0 Å². The number of ether oxygens (including phenoxy) is 1. The highest BCUT2D eigenvalue weighted by Crippen LogP contribution is 2.32. The number of ketones is 2. The number of Topliss-reactive ketones (excluding diaryl/α,β-unsaturated/α-hetero) is 2. The van der Waals surface area contributed by atoms with Gasteiger partial charge in [0.1, 0.15) is 17.3 Å². The Morgan fingerprint density at radius 3 is 2.50 bits per heavy atom. The summed E-state index contributed by atoms with van der Waals surface area (Å²) < 4.78 is 5.11. The van der Waals surface area contributed by atoms with Crippen molar-refractivity contribution in [2.75, 3.05) is 7.11 Å². The summed E-state index contributed by atoms with van der Waals surface area (Å²) >= 11 is 0. The lowest BCUT2D eigenvalue weighted by atomic mass is 9.77. The van der Waals surface area contributed by atoms with Crippen LogP contribution in [0.1, 0.15) is 46.0 Å². The molecule has 0 aliphatic heterocycles. The van der Waals surface area contributed by atoms with Gasteiger partial charge in [0.15, 0.2) is 0 Å². The zero-order chi connectivity index (χ0) is 13.6. The Morgan fingerprint density at radius 2 is 2.00 bits per heavy atom. The van der Waals surface area contributed by atoms with Crippen LogP contribution < -0.4 is 0 Å². The fourth-order valence-electron chi connectivity index (χ4n) is 2.02. The minimum absolute atomic E-state index is 0.193. The van der Waals surface area contributed by atoms with Crippen LogP contribution >= 0.6 is 0 Å². The lowest BCUT2D eigenvalue weighted by molar-refractivity contribution is -0.126. The number of rotatable bonds is 7. The second kappa shape index (κ2) is 6.53. The van der Waals surface area contributed by atoms with Crippen LogP contribution in [0.2, 0.25) is 0 Å². The number of allylic oxidation sites excluding steroid dienone is 3. The summed E-state index contributed by atoms with van der Waals surface area (Å²) in [7, 11) is 1.63. The molecule has 100 valence electrons. The third-order valence-electron chi connectivity index (χ3n) is 3.40. The predicted octanol–water partition coefficient (Wildman–Crippen LogP) is 3.20. The molecule has 1 unspecified atom stereocenters. The van der Waals surface area contributed by atoms with E-state index in [4.69, 9.17) is 4.74 Å². The van der Waals surface area contributed by atoms with Crippen LogP contribution in [0, 0.1) is 5.41 Å². The first-order chi connectivity index (χ1) is 8.48. The molecule has 0 aromatic heterocycles. The molecule has 0 radical (unpaired) electrons. The first-order valence-corrected chi connectivity index (χ1v) is 6.44. The first kappa shape index (κ1) is 14.7. The van der Waals surface area contributed by atoms with Crippen molar-refractivity contribution in [2.45, 2.75) is 46.0 Å². The largest absolute Gasteiger partial charge is 0.497 e. The van der Waals surface area contributed by atoms with E-state index in [1.165, 1.54) is 0 Å². The molecule has 3 heteroatoms. The van der Waals surface area contributed by atoms with Crippen molar-refractivity contribution >= 4 is 11.6 Å². The van der Waals surface area contributed by atoms with Crippen LogP contribution in [0.5, 0.6) is 0 Å². The Morgan fingerprint density at radius 1 is 1.33 bits per heavy atom. The maximum atomic E-state index is 12.2. The molecular formula is C15H22O3. The van der Waals surface area contributed by atoms with Crippen molar-refractivity contribution in [1.29, 1.82) is 0 Å². The Labute approximate surface area is 109 Å². The van der Waals surface area contributed by atoms with Gasteiger partial charge in [-0.15, -0.1) is 0 Å². The summed E-state index contributed by atoms with van der Waals surface area (Å²) in [6, 6.07) is 0. The molecule has 0 aromatic rings. The number of hydrogen-bond donors (Lipinski definition) is 0. The molecule has 0 fully saturated rings. The molecule has 0 amide bonds. The standard InChI is InChI=1S/C15H22O3/c1-12(16)6-4-5-7-14(17)15(2)10-8-13(18-3)9-11-15/h8-10H,4-7,11H2,1-3H3. The molecule has 0 aromatic carbocycles. The van der Waals surface area contributed by atoms with Crippen LogP contribution in [0.3, 0.4) is 0 Å². The van der Waals surface area contributed by atoms with E-state index in [0.717, 1.165) is 18.6 Å². The lowest BCUT2D eigenvalue weighted by Crippen LogP contribution is -2.26. The average molecular weight is 250 g/mol. The fraction of sp³-hybridized carbons (Fsp3) is 0.600. The minimum Gasteiger partial charge on any atom is -0.497 e. The Hall–Kier alpha value is -1.38. The van der Waals surface area contributed by atoms with Gasteiger partial charge in [-0.3, -0.25) is 4.79 Å². The fourth-order valence-corrected chi connectivity index (χ4v) is 2.02. The molecule has 0 heterocycles. The molecule has 1 rings (SSSR count). The number of carbonyl (C=O) groups is 2. The molecular weight excluding hydrogens is 228 g/mol. The summed E-state index contributed by atoms with van der Waals surface area (Å²) in [5.41, 5.74) is -0.405. The third kappa shape index (κ3) is 4.13. The topological polar surface area (TPSA) is 43.4 Å². The summed E-state index contributed by atoms with van der Waals surface area (Å²) in [5.74, 6) is 1.25. The smallest absolute Gasteiger partial charge is 0.142 e. The molecule has 1 aliphatic rings. The third-order valence-corrected chi connectivity index (χ3v) is 3.40. The summed E-state index contributed by atoms with van der Waals surface area (Å²) in [6.07, 6.45) is 9.16. The molecule has 0 spiro atoms. The molecule has 0 saturated carbocycles. The summed E-state index contributed by atoms with van der Waals surface area (Å²) in [6.45, 7) is 3.55. The maximum Gasteiger partial charge on any atom is 0.142 e. The Kier molecular flexibility index (Phi) is 5.32.